The van der Waals surface area contributed by atoms with E-state index in [1.54, 1.807) is 11.6 Å². The second-order valence-electron chi connectivity index (χ2n) is 6.20. The normalized spacial score (nSPS) is 10.6. The molecule has 0 spiro atoms. The molecule has 0 fully saturated rings. The zero-order valence-electron chi connectivity index (χ0n) is 15.5. The van der Waals surface area contributed by atoms with Crippen LogP contribution in [0.4, 0.5) is 5.69 Å². The molecule has 0 bridgehead atoms. The maximum absolute atomic E-state index is 12.2. The van der Waals surface area contributed by atoms with Gasteiger partial charge in [-0.25, -0.2) is 0 Å². The average Bonchev–Trinajstić information content (AvgIpc) is 3.05. The van der Waals surface area contributed by atoms with Crippen molar-refractivity contribution in [2.75, 3.05) is 11.1 Å². The van der Waals surface area contributed by atoms with Crippen molar-refractivity contribution in [3.05, 3.63) is 60.4 Å². The summed E-state index contributed by atoms with van der Waals surface area (Å²) in [6.07, 6.45) is 0.648. The fourth-order valence-electron chi connectivity index (χ4n) is 2.63. The molecule has 0 atom stereocenters. The van der Waals surface area contributed by atoms with Crippen LogP contribution in [0.2, 0.25) is 0 Å². The second kappa shape index (κ2) is 9.18. The van der Waals surface area contributed by atoms with E-state index in [0.717, 1.165) is 16.8 Å². The van der Waals surface area contributed by atoms with Gasteiger partial charge in [0.15, 0.2) is 5.16 Å². The Kier molecular flexibility index (Phi) is 6.44. The number of carbonyl (C=O) groups is 2. The summed E-state index contributed by atoms with van der Waals surface area (Å²) in [6, 6.07) is 17.8. The van der Waals surface area contributed by atoms with Crippen molar-refractivity contribution in [2.24, 2.45) is 12.8 Å². The molecule has 0 radical (unpaired) electrons. The Bertz CT molecular complexity index is 954. The first-order valence-electron chi connectivity index (χ1n) is 8.77. The average molecular weight is 395 g/mol. The van der Waals surface area contributed by atoms with E-state index >= 15 is 0 Å². The molecular formula is C20H21N5O2S. The van der Waals surface area contributed by atoms with Gasteiger partial charge >= 0.3 is 0 Å². The van der Waals surface area contributed by atoms with Crippen LogP contribution in [0.25, 0.3) is 11.1 Å². The molecule has 144 valence electrons. The number of carbonyl (C=O) groups excluding carboxylic acids is 2. The molecule has 0 aliphatic rings. The number of aromatic nitrogens is 3. The number of hydrogen-bond acceptors (Lipinski definition) is 5. The Balaban J connectivity index is 1.53. The van der Waals surface area contributed by atoms with Crippen LogP contribution in [-0.2, 0) is 23.1 Å². The van der Waals surface area contributed by atoms with Gasteiger partial charge in [-0.2, -0.15) is 0 Å². The van der Waals surface area contributed by atoms with Gasteiger partial charge < -0.3 is 15.6 Å². The minimum atomic E-state index is -0.380. The number of nitrogens with one attached hydrogen (secondary N) is 1. The largest absolute Gasteiger partial charge is 0.370 e. The number of thioether (sulfide) groups is 1. The first kappa shape index (κ1) is 19.6. The summed E-state index contributed by atoms with van der Waals surface area (Å²) in [4.78, 5) is 23.1. The van der Waals surface area contributed by atoms with E-state index in [4.69, 9.17) is 5.73 Å². The van der Waals surface area contributed by atoms with Gasteiger partial charge in [0, 0.05) is 25.6 Å². The zero-order valence-corrected chi connectivity index (χ0v) is 16.3. The van der Waals surface area contributed by atoms with Crippen molar-refractivity contribution < 1.29 is 9.59 Å². The van der Waals surface area contributed by atoms with Gasteiger partial charge in [0.25, 0.3) is 0 Å². The summed E-state index contributed by atoms with van der Waals surface area (Å²) in [6.45, 7) is 0. The summed E-state index contributed by atoms with van der Waals surface area (Å²) in [7, 11) is 1.80. The Labute approximate surface area is 167 Å². The third-order valence-electron chi connectivity index (χ3n) is 4.13. The highest BCUT2D eigenvalue weighted by atomic mass is 32.2. The molecule has 3 aromatic rings. The second-order valence-corrected chi connectivity index (χ2v) is 7.15. The molecule has 3 N–H and O–H groups in total. The van der Waals surface area contributed by atoms with Gasteiger partial charge in [-0.15, -0.1) is 10.2 Å². The van der Waals surface area contributed by atoms with E-state index in [0.29, 0.717) is 17.4 Å². The van der Waals surface area contributed by atoms with Gasteiger partial charge in [-0.3, -0.25) is 9.59 Å². The molecule has 2 aromatic carbocycles. The highest BCUT2D eigenvalue weighted by molar-refractivity contribution is 7.99. The number of amides is 2. The maximum Gasteiger partial charge on any atom is 0.234 e. The van der Waals surface area contributed by atoms with Crippen LogP contribution < -0.4 is 11.1 Å². The Morgan fingerprint density at radius 2 is 1.71 bits per heavy atom. The molecule has 3 rings (SSSR count). The summed E-state index contributed by atoms with van der Waals surface area (Å²) in [5, 5.41) is 11.6. The fourth-order valence-corrected chi connectivity index (χ4v) is 3.36. The molecule has 8 heteroatoms. The van der Waals surface area contributed by atoms with Crippen molar-refractivity contribution in [1.29, 1.82) is 0 Å². The van der Waals surface area contributed by atoms with Crippen LogP contribution in [0.5, 0.6) is 0 Å². The number of nitrogens with zero attached hydrogens (tertiary/aromatic N) is 3. The zero-order chi connectivity index (χ0) is 19.9. The van der Waals surface area contributed by atoms with Crippen LogP contribution in [0.15, 0.2) is 59.8 Å². The first-order chi connectivity index (χ1) is 13.5. The maximum atomic E-state index is 12.2. The quantitative estimate of drug-likeness (QED) is 0.571. The number of benzene rings is 2. The van der Waals surface area contributed by atoms with Gasteiger partial charge in [0.05, 0.1) is 5.75 Å². The van der Waals surface area contributed by atoms with Crippen molar-refractivity contribution in [2.45, 2.75) is 18.0 Å². The topological polar surface area (TPSA) is 103 Å². The molecule has 1 aromatic heterocycles. The molecule has 1 heterocycles. The van der Waals surface area contributed by atoms with Crippen molar-refractivity contribution in [3.63, 3.8) is 0 Å². The Morgan fingerprint density at radius 1 is 1.04 bits per heavy atom. The number of aryl methyl sites for hydroxylation is 1. The smallest absolute Gasteiger partial charge is 0.234 e. The molecule has 2 amide bonds. The lowest BCUT2D eigenvalue weighted by atomic mass is 10.1. The molecule has 0 unspecified atom stereocenters. The summed E-state index contributed by atoms with van der Waals surface area (Å²) in [5.41, 5.74) is 8.12. The number of primary amides is 1. The number of anilines is 1. The summed E-state index contributed by atoms with van der Waals surface area (Å²) >= 11 is 1.29. The lowest BCUT2D eigenvalue weighted by molar-refractivity contribution is -0.118. The summed E-state index contributed by atoms with van der Waals surface area (Å²) in [5.74, 6) is 0.370. The molecule has 28 heavy (non-hydrogen) atoms. The van der Waals surface area contributed by atoms with Crippen LogP contribution in [0.1, 0.15) is 12.2 Å². The van der Waals surface area contributed by atoms with Gasteiger partial charge in [0.2, 0.25) is 11.8 Å². The number of rotatable bonds is 8. The van der Waals surface area contributed by atoms with Gasteiger partial charge in [-0.05, 0) is 23.3 Å². The SMILES string of the molecule is Cn1c(CCC(N)=O)nnc1SCC(=O)Nc1ccc(-c2ccccc2)cc1. The number of nitrogens with two attached hydrogens (primary N) is 1. The minimum Gasteiger partial charge on any atom is -0.370 e. The lowest BCUT2D eigenvalue weighted by Gasteiger charge is -2.07. The fraction of sp³-hybridized carbons (Fsp3) is 0.200. The molecule has 0 saturated heterocycles. The third kappa shape index (κ3) is 5.20. The van der Waals surface area contributed by atoms with Crippen molar-refractivity contribution >= 4 is 29.3 Å². The van der Waals surface area contributed by atoms with Crippen LogP contribution in [-0.4, -0.2) is 32.3 Å². The predicted octanol–water partition coefficient (Wildman–Crippen LogP) is 2.63. The highest BCUT2D eigenvalue weighted by Crippen LogP contribution is 2.21. The van der Waals surface area contributed by atoms with Crippen molar-refractivity contribution in [1.82, 2.24) is 14.8 Å². The minimum absolute atomic E-state index is 0.126. The summed E-state index contributed by atoms with van der Waals surface area (Å²) < 4.78 is 1.77. The predicted molar refractivity (Wildman–Crippen MR) is 110 cm³/mol. The third-order valence-corrected chi connectivity index (χ3v) is 5.15. The molecule has 7 nitrogen and oxygen atoms in total. The van der Waals surface area contributed by atoms with E-state index in [-0.39, 0.29) is 24.0 Å². The van der Waals surface area contributed by atoms with E-state index in [9.17, 15) is 9.59 Å². The van der Waals surface area contributed by atoms with Gasteiger partial charge in [0.1, 0.15) is 5.82 Å². The highest BCUT2D eigenvalue weighted by Gasteiger charge is 2.12. The number of hydrogen-bond donors (Lipinski definition) is 2. The molecule has 0 aliphatic heterocycles. The standard InChI is InChI=1S/C20H21N5O2S/c1-25-18(12-11-17(21)26)23-24-20(25)28-13-19(27)22-16-9-7-15(8-10-16)14-5-3-2-4-6-14/h2-10H,11-13H2,1H3,(H2,21,26)(H,22,27). The monoisotopic (exact) mass is 395 g/mol. The van der Waals surface area contributed by atoms with E-state index in [1.807, 2.05) is 54.6 Å². The Morgan fingerprint density at radius 3 is 2.39 bits per heavy atom. The van der Waals surface area contributed by atoms with E-state index < -0.39 is 0 Å². The molecular weight excluding hydrogens is 374 g/mol. The van der Waals surface area contributed by atoms with Crippen LogP contribution in [0.3, 0.4) is 0 Å². The Hall–Kier alpha value is -3.13. The van der Waals surface area contributed by atoms with E-state index in [2.05, 4.69) is 15.5 Å². The van der Waals surface area contributed by atoms with Crippen LogP contribution >= 0.6 is 11.8 Å². The van der Waals surface area contributed by atoms with Gasteiger partial charge in [-0.1, -0.05) is 54.2 Å². The lowest BCUT2D eigenvalue weighted by Crippen LogP contribution is -2.14. The van der Waals surface area contributed by atoms with Crippen molar-refractivity contribution in [3.8, 4) is 11.1 Å². The van der Waals surface area contributed by atoms with Crippen LogP contribution in [0, 0.1) is 0 Å². The molecule has 0 aliphatic carbocycles. The van der Waals surface area contributed by atoms with E-state index in [1.165, 1.54) is 11.8 Å². The first-order valence-corrected chi connectivity index (χ1v) is 9.76. The molecule has 0 saturated carbocycles.